The summed E-state index contributed by atoms with van der Waals surface area (Å²) >= 11 is 0. The lowest BCUT2D eigenvalue weighted by Gasteiger charge is -2.24. The molecule has 0 aliphatic heterocycles. The smallest absolute Gasteiger partial charge is 0.0109 e. The molecule has 0 saturated carbocycles. The molecule has 0 aromatic rings. The maximum absolute atomic E-state index is 5.50. The molecule has 0 fully saturated rings. The molecule has 15 heavy (non-hydrogen) atoms. The molecule has 4 N–H and O–H groups in total. The quantitative estimate of drug-likeness (QED) is 0.537. The molecule has 0 rings (SSSR count). The molecule has 0 spiro atoms. The molecular formula is C11H28N4. The van der Waals surface area contributed by atoms with Crippen molar-refractivity contribution in [1.82, 2.24) is 9.80 Å². The van der Waals surface area contributed by atoms with Crippen molar-refractivity contribution in [3.8, 4) is 0 Å². The molecular weight excluding hydrogens is 188 g/mol. The van der Waals surface area contributed by atoms with Crippen LogP contribution < -0.4 is 11.5 Å². The highest BCUT2D eigenvalue weighted by Gasteiger charge is 2.03. The third-order valence-electron chi connectivity index (χ3n) is 2.67. The lowest BCUT2D eigenvalue weighted by Crippen LogP contribution is -2.35. The Morgan fingerprint density at radius 1 is 0.867 bits per heavy atom. The molecule has 4 heteroatoms. The SMILES string of the molecule is CCN(CCCN)CCN(C)CCCN. The first-order valence-corrected chi connectivity index (χ1v) is 6.05. The Morgan fingerprint density at radius 3 is 2.00 bits per heavy atom. The molecule has 0 amide bonds. The topological polar surface area (TPSA) is 58.5 Å². The predicted molar refractivity (Wildman–Crippen MR) is 67.0 cm³/mol. The molecule has 0 aliphatic rings. The van der Waals surface area contributed by atoms with Crippen LogP contribution in [-0.2, 0) is 0 Å². The lowest BCUT2D eigenvalue weighted by atomic mass is 10.3. The van der Waals surface area contributed by atoms with Gasteiger partial charge in [-0.2, -0.15) is 0 Å². The minimum absolute atomic E-state index is 0.787. The van der Waals surface area contributed by atoms with Gasteiger partial charge in [-0.1, -0.05) is 6.92 Å². The van der Waals surface area contributed by atoms with E-state index in [4.69, 9.17) is 11.5 Å². The van der Waals surface area contributed by atoms with Gasteiger partial charge in [0.25, 0.3) is 0 Å². The molecule has 4 nitrogen and oxygen atoms in total. The minimum Gasteiger partial charge on any atom is -0.330 e. The first kappa shape index (κ1) is 14.8. The largest absolute Gasteiger partial charge is 0.330 e. The lowest BCUT2D eigenvalue weighted by molar-refractivity contribution is 0.231. The molecule has 0 unspecified atom stereocenters. The second kappa shape index (κ2) is 10.4. The van der Waals surface area contributed by atoms with Crippen molar-refractivity contribution >= 4 is 0 Å². The molecule has 0 saturated heterocycles. The minimum atomic E-state index is 0.787. The molecule has 0 heterocycles. The van der Waals surface area contributed by atoms with Crippen molar-refractivity contribution in [3.63, 3.8) is 0 Å². The number of rotatable bonds is 10. The fourth-order valence-corrected chi connectivity index (χ4v) is 1.53. The number of nitrogens with zero attached hydrogens (tertiary/aromatic N) is 2. The Labute approximate surface area is 94.6 Å². The average molecular weight is 216 g/mol. The molecule has 0 aliphatic carbocycles. The van der Waals surface area contributed by atoms with Gasteiger partial charge in [0.15, 0.2) is 0 Å². The van der Waals surface area contributed by atoms with Crippen molar-refractivity contribution in [2.45, 2.75) is 19.8 Å². The monoisotopic (exact) mass is 216 g/mol. The standard InChI is InChI=1S/C11H28N4/c1-3-15(9-5-7-13)11-10-14(2)8-4-6-12/h3-13H2,1-2H3. The van der Waals surface area contributed by atoms with Gasteiger partial charge in [0, 0.05) is 13.1 Å². The van der Waals surface area contributed by atoms with E-state index in [0.29, 0.717) is 0 Å². The highest BCUT2D eigenvalue weighted by molar-refractivity contribution is 4.60. The summed E-state index contributed by atoms with van der Waals surface area (Å²) in [7, 11) is 2.16. The van der Waals surface area contributed by atoms with Gasteiger partial charge in [-0.3, -0.25) is 0 Å². The highest BCUT2D eigenvalue weighted by Crippen LogP contribution is 1.93. The summed E-state index contributed by atoms with van der Waals surface area (Å²) in [4.78, 5) is 4.80. The van der Waals surface area contributed by atoms with Crippen LogP contribution in [0.15, 0.2) is 0 Å². The Balaban J connectivity index is 3.50. The summed E-state index contributed by atoms with van der Waals surface area (Å²) in [6.45, 7) is 9.38. The predicted octanol–water partition coefficient (Wildman–Crippen LogP) is -0.0623. The van der Waals surface area contributed by atoms with Gasteiger partial charge in [-0.15, -0.1) is 0 Å². The van der Waals surface area contributed by atoms with Crippen LogP contribution in [0.5, 0.6) is 0 Å². The summed E-state index contributed by atoms with van der Waals surface area (Å²) < 4.78 is 0. The third-order valence-corrected chi connectivity index (χ3v) is 2.67. The maximum atomic E-state index is 5.50. The van der Waals surface area contributed by atoms with Crippen LogP contribution in [0.25, 0.3) is 0 Å². The summed E-state index contributed by atoms with van der Waals surface area (Å²) in [5, 5.41) is 0. The summed E-state index contributed by atoms with van der Waals surface area (Å²) in [6.07, 6.45) is 2.19. The van der Waals surface area contributed by atoms with Crippen molar-refractivity contribution in [1.29, 1.82) is 0 Å². The molecule has 92 valence electrons. The van der Waals surface area contributed by atoms with Crippen LogP contribution >= 0.6 is 0 Å². The van der Waals surface area contributed by atoms with E-state index in [0.717, 1.165) is 58.7 Å². The van der Waals surface area contributed by atoms with Gasteiger partial charge in [-0.05, 0) is 52.6 Å². The second-order valence-corrected chi connectivity index (χ2v) is 4.02. The Morgan fingerprint density at radius 2 is 1.47 bits per heavy atom. The average Bonchev–Trinajstić information content (AvgIpc) is 2.26. The van der Waals surface area contributed by atoms with Gasteiger partial charge in [0.05, 0.1) is 0 Å². The van der Waals surface area contributed by atoms with E-state index in [9.17, 15) is 0 Å². The Kier molecular flexibility index (Phi) is 10.3. The van der Waals surface area contributed by atoms with Crippen LogP contribution in [-0.4, -0.2) is 62.7 Å². The number of likely N-dealkylation sites (N-methyl/N-ethyl adjacent to an activating group) is 2. The van der Waals surface area contributed by atoms with E-state index in [1.54, 1.807) is 0 Å². The summed E-state index contributed by atoms with van der Waals surface area (Å²) in [6, 6.07) is 0. The van der Waals surface area contributed by atoms with E-state index < -0.39 is 0 Å². The van der Waals surface area contributed by atoms with Crippen molar-refractivity contribution < 1.29 is 0 Å². The first-order chi connectivity index (χ1) is 7.24. The zero-order valence-corrected chi connectivity index (χ0v) is 10.4. The molecule has 0 bridgehead atoms. The van der Waals surface area contributed by atoms with Crippen LogP contribution in [0.4, 0.5) is 0 Å². The zero-order valence-electron chi connectivity index (χ0n) is 10.4. The maximum Gasteiger partial charge on any atom is 0.0109 e. The number of hydrogen-bond donors (Lipinski definition) is 2. The van der Waals surface area contributed by atoms with Crippen LogP contribution in [0.1, 0.15) is 19.8 Å². The summed E-state index contributed by atoms with van der Waals surface area (Å²) in [5.74, 6) is 0. The van der Waals surface area contributed by atoms with Crippen LogP contribution in [0.3, 0.4) is 0 Å². The fourth-order valence-electron chi connectivity index (χ4n) is 1.53. The van der Waals surface area contributed by atoms with Gasteiger partial charge in [0.2, 0.25) is 0 Å². The van der Waals surface area contributed by atoms with E-state index in [-0.39, 0.29) is 0 Å². The first-order valence-electron chi connectivity index (χ1n) is 6.05. The van der Waals surface area contributed by atoms with E-state index in [2.05, 4.69) is 23.8 Å². The van der Waals surface area contributed by atoms with Crippen molar-refractivity contribution in [3.05, 3.63) is 0 Å². The van der Waals surface area contributed by atoms with Gasteiger partial charge in [-0.25, -0.2) is 0 Å². The fraction of sp³-hybridized carbons (Fsp3) is 1.00. The highest BCUT2D eigenvalue weighted by atomic mass is 15.2. The molecule has 0 aromatic heterocycles. The second-order valence-electron chi connectivity index (χ2n) is 4.02. The van der Waals surface area contributed by atoms with E-state index >= 15 is 0 Å². The van der Waals surface area contributed by atoms with Gasteiger partial charge >= 0.3 is 0 Å². The zero-order chi connectivity index (χ0) is 11.5. The Hall–Kier alpha value is -0.160. The third kappa shape index (κ3) is 8.81. The van der Waals surface area contributed by atoms with Crippen molar-refractivity contribution in [2.75, 3.05) is 52.9 Å². The molecule has 0 atom stereocenters. The summed E-state index contributed by atoms with van der Waals surface area (Å²) in [5.41, 5.74) is 11.0. The molecule has 0 radical (unpaired) electrons. The van der Waals surface area contributed by atoms with Crippen molar-refractivity contribution in [2.24, 2.45) is 11.5 Å². The Bertz CT molecular complexity index is 130. The van der Waals surface area contributed by atoms with Crippen LogP contribution in [0.2, 0.25) is 0 Å². The number of hydrogen-bond acceptors (Lipinski definition) is 4. The van der Waals surface area contributed by atoms with Crippen LogP contribution in [0, 0.1) is 0 Å². The normalized spacial score (nSPS) is 11.6. The van der Waals surface area contributed by atoms with E-state index in [1.165, 1.54) is 0 Å². The molecule has 0 aromatic carbocycles. The van der Waals surface area contributed by atoms with E-state index in [1.807, 2.05) is 0 Å². The number of nitrogens with two attached hydrogens (primary N) is 2. The van der Waals surface area contributed by atoms with Gasteiger partial charge < -0.3 is 21.3 Å². The van der Waals surface area contributed by atoms with Gasteiger partial charge in [0.1, 0.15) is 0 Å².